The molecule has 0 spiro atoms. The molecule has 100 valence electrons. The van der Waals surface area contributed by atoms with Crippen LogP contribution < -0.4 is 0 Å². The maximum Gasteiger partial charge on any atom is 0.177 e. The quantitative estimate of drug-likeness (QED) is 0.543. The van der Waals surface area contributed by atoms with Crippen molar-refractivity contribution in [2.45, 2.75) is 65.5 Å². The van der Waals surface area contributed by atoms with Gasteiger partial charge in [-0.15, -0.1) is 0 Å². The maximum atomic E-state index is 4.77. The van der Waals surface area contributed by atoms with E-state index in [0.29, 0.717) is 0 Å². The van der Waals surface area contributed by atoms with Gasteiger partial charge in [0, 0.05) is 0 Å². The molecule has 0 saturated carbocycles. The summed E-state index contributed by atoms with van der Waals surface area (Å²) in [7, 11) is -5.24. The van der Waals surface area contributed by atoms with Crippen molar-refractivity contribution in [3.05, 3.63) is 0 Å². The van der Waals surface area contributed by atoms with Crippen molar-refractivity contribution in [2.75, 3.05) is 0 Å². The highest BCUT2D eigenvalue weighted by Crippen LogP contribution is 2.21. The van der Waals surface area contributed by atoms with E-state index in [9.17, 15) is 0 Å². The van der Waals surface area contributed by atoms with E-state index < -0.39 is 30.7 Å². The summed E-state index contributed by atoms with van der Waals surface area (Å²) < 4.78 is 9.53. The summed E-state index contributed by atoms with van der Waals surface area (Å²) in [5.41, 5.74) is 0. The molecule has 0 aliphatic heterocycles. The van der Waals surface area contributed by atoms with Crippen molar-refractivity contribution < 1.29 is 0 Å². The fraction of sp³-hybridized carbons (Fsp3) is 0.909. The van der Waals surface area contributed by atoms with Gasteiger partial charge in [-0.2, -0.15) is 0 Å². The highest BCUT2D eigenvalue weighted by molar-refractivity contribution is 7.40. The Bertz CT molecular complexity index is 298. The molecule has 17 heavy (non-hydrogen) atoms. The normalized spacial score (nSPS) is 14.2. The molecule has 0 atom stereocenters. The lowest BCUT2D eigenvalue weighted by atomic mass is 11.6. The molecule has 0 aliphatic rings. The molecule has 0 aliphatic carbocycles. The lowest BCUT2D eigenvalue weighted by Gasteiger charge is -2.30. The van der Waals surface area contributed by atoms with Gasteiger partial charge in [-0.1, -0.05) is 65.5 Å². The lowest BCUT2D eigenvalue weighted by Crippen LogP contribution is -2.52. The number of hydrogen-bond donors (Lipinski definition) is 0. The van der Waals surface area contributed by atoms with Gasteiger partial charge in [0.25, 0.3) is 0 Å². The first-order valence-electron chi connectivity index (χ1n) is 6.39. The van der Waals surface area contributed by atoms with E-state index in [1.165, 1.54) is 0 Å². The van der Waals surface area contributed by atoms with E-state index in [0.717, 1.165) is 0 Å². The Morgan fingerprint density at radius 3 is 0.941 bits per heavy atom. The first kappa shape index (κ1) is 17.2. The summed E-state index contributed by atoms with van der Waals surface area (Å²) in [6.45, 7) is 23.9. The molecule has 2 nitrogen and oxygen atoms in total. The van der Waals surface area contributed by atoms with Crippen LogP contribution in [-0.4, -0.2) is 36.7 Å². The maximum absolute atomic E-state index is 4.77. The summed E-state index contributed by atoms with van der Waals surface area (Å²) in [4.78, 5) is 0. The highest BCUT2D eigenvalue weighted by atomic mass is 29.3. The molecule has 0 radical (unpaired) electrons. The largest absolute Gasteiger partial charge is 0.271 e. The molecule has 0 aromatic carbocycles. The van der Waals surface area contributed by atoms with Gasteiger partial charge < -0.3 is 0 Å². The van der Waals surface area contributed by atoms with Gasteiger partial charge in [0.2, 0.25) is 0 Å². The van der Waals surface area contributed by atoms with Crippen molar-refractivity contribution in [1.82, 2.24) is 0 Å². The first-order chi connectivity index (χ1) is 7.21. The molecule has 0 rings (SSSR count). The molecule has 0 amide bonds. The average Bonchev–Trinajstić information content (AvgIpc) is 1.98. The van der Waals surface area contributed by atoms with Crippen LogP contribution in [0.3, 0.4) is 0 Å². The number of nitrogens with zero attached hydrogens (tertiary/aromatic N) is 2. The van der Waals surface area contributed by atoms with Crippen LogP contribution in [0, 0.1) is 0 Å². The molecule has 0 unspecified atom stereocenters. The minimum Gasteiger partial charge on any atom is -0.271 e. The molecular weight excluding hydrogens is 272 g/mol. The molecule has 0 heterocycles. The van der Waals surface area contributed by atoms with Gasteiger partial charge in [0.15, 0.2) is 15.5 Å². The Balaban J connectivity index is 5.11. The van der Waals surface area contributed by atoms with Crippen LogP contribution in [0.25, 0.3) is 0 Å². The van der Waals surface area contributed by atoms with Crippen molar-refractivity contribution in [2.24, 2.45) is 9.32 Å². The van der Waals surface area contributed by atoms with E-state index in [1.54, 1.807) is 0 Å². The molecule has 0 bridgehead atoms. The standard InChI is InChI=1S/C11H30N2Si4/c1-14(2,3)16(7,8)12-11-13-17(9,10)15(4,5)6/h1-10H3. The van der Waals surface area contributed by atoms with Crippen LogP contribution in [0.1, 0.15) is 0 Å². The molecule has 0 fully saturated rings. The first-order valence-corrected chi connectivity index (χ1v) is 21.3. The van der Waals surface area contributed by atoms with Crippen LogP contribution in [0.2, 0.25) is 65.5 Å². The smallest absolute Gasteiger partial charge is 0.177 e. The molecule has 0 aromatic rings. The summed E-state index contributed by atoms with van der Waals surface area (Å²) >= 11 is 0. The van der Waals surface area contributed by atoms with Crippen molar-refractivity contribution >= 4 is 36.7 Å². The van der Waals surface area contributed by atoms with Gasteiger partial charge >= 0.3 is 0 Å². The Morgan fingerprint density at radius 2 is 0.765 bits per heavy atom. The number of hydrogen-bond acceptors (Lipinski definition) is 2. The fourth-order valence-corrected chi connectivity index (χ4v) is 4.29. The van der Waals surface area contributed by atoms with Crippen molar-refractivity contribution in [1.29, 1.82) is 0 Å². The average molecular weight is 303 g/mol. The molecule has 0 aromatic heterocycles. The third-order valence-electron chi connectivity index (χ3n) is 4.33. The zero-order chi connectivity index (χ0) is 14.1. The van der Waals surface area contributed by atoms with Gasteiger partial charge in [-0.25, -0.2) is 0 Å². The van der Waals surface area contributed by atoms with Gasteiger partial charge in [0.1, 0.15) is 0 Å². The second-order valence-electron chi connectivity index (χ2n) is 7.94. The van der Waals surface area contributed by atoms with E-state index in [2.05, 4.69) is 71.5 Å². The fourth-order valence-electron chi connectivity index (χ4n) is 0.610. The van der Waals surface area contributed by atoms with Crippen LogP contribution in [0.15, 0.2) is 9.32 Å². The topological polar surface area (TPSA) is 24.7 Å². The minimum atomic E-state index is -1.47. The SMILES string of the molecule is C[Si](C)(C)[Si](C)(C)N=C=N[Si](C)(C)[Si](C)(C)C. The van der Waals surface area contributed by atoms with Crippen molar-refractivity contribution in [3.63, 3.8) is 0 Å². The predicted molar refractivity (Wildman–Crippen MR) is 91.5 cm³/mol. The summed E-state index contributed by atoms with van der Waals surface area (Å²) in [5, 5.41) is 0. The zero-order valence-corrected chi connectivity index (χ0v) is 17.4. The van der Waals surface area contributed by atoms with Gasteiger partial charge in [0.05, 0.1) is 21.2 Å². The number of rotatable bonds is 4. The summed E-state index contributed by atoms with van der Waals surface area (Å²) in [5.74, 6) is 0. The zero-order valence-electron chi connectivity index (χ0n) is 13.4. The van der Waals surface area contributed by atoms with Gasteiger partial charge in [-0.05, 0) is 0 Å². The Morgan fingerprint density at radius 1 is 0.529 bits per heavy atom. The van der Waals surface area contributed by atoms with E-state index in [1.807, 2.05) is 0 Å². The van der Waals surface area contributed by atoms with E-state index in [-0.39, 0.29) is 0 Å². The molecule has 0 saturated heterocycles. The van der Waals surface area contributed by atoms with Gasteiger partial charge in [-0.3, -0.25) is 9.32 Å². The van der Waals surface area contributed by atoms with Crippen LogP contribution >= 0.6 is 0 Å². The minimum absolute atomic E-state index is 1.15. The summed E-state index contributed by atoms with van der Waals surface area (Å²) in [6.07, 6.45) is 0. The second-order valence-corrected chi connectivity index (χ2v) is 40.0. The lowest BCUT2D eigenvalue weighted by molar-refractivity contribution is 1.57. The predicted octanol–water partition coefficient (Wildman–Crippen LogP) is 4.40. The third kappa shape index (κ3) is 4.79. The Hall–Kier alpha value is 0.248. The van der Waals surface area contributed by atoms with Crippen LogP contribution in [0.5, 0.6) is 0 Å². The van der Waals surface area contributed by atoms with Crippen LogP contribution in [-0.2, 0) is 0 Å². The third-order valence-corrected chi connectivity index (χ3v) is 35.7. The monoisotopic (exact) mass is 302 g/mol. The van der Waals surface area contributed by atoms with E-state index in [4.69, 9.17) is 9.32 Å². The van der Waals surface area contributed by atoms with E-state index >= 15 is 0 Å². The highest BCUT2D eigenvalue weighted by Gasteiger charge is 2.39. The van der Waals surface area contributed by atoms with Crippen molar-refractivity contribution in [3.8, 4) is 0 Å². The molecule has 0 N–H and O–H groups in total. The molecular formula is C11H30N2Si4. The molecule has 6 heteroatoms. The Labute approximate surface area is 111 Å². The second kappa shape index (κ2) is 5.09. The Kier molecular flexibility index (Phi) is 5.16. The van der Waals surface area contributed by atoms with Crippen LogP contribution in [0.4, 0.5) is 0 Å². The summed E-state index contributed by atoms with van der Waals surface area (Å²) in [6, 6.07) is 3.12.